The fourth-order valence-corrected chi connectivity index (χ4v) is 1.91. The van der Waals surface area contributed by atoms with Crippen LogP contribution in [0.25, 0.3) is 11.1 Å². The van der Waals surface area contributed by atoms with E-state index in [1.165, 1.54) is 5.69 Å². The minimum absolute atomic E-state index is 0.729. The van der Waals surface area contributed by atoms with Crippen LogP contribution in [0.2, 0.25) is 0 Å². The number of hydrogen-bond donors (Lipinski definition) is 0. The fourth-order valence-electron chi connectivity index (χ4n) is 1.91. The highest BCUT2D eigenvalue weighted by Gasteiger charge is 2.13. The van der Waals surface area contributed by atoms with Gasteiger partial charge >= 0.3 is 0 Å². The average Bonchev–Trinajstić information content (AvgIpc) is 2.53. The van der Waals surface area contributed by atoms with Crippen LogP contribution in [0.5, 0.6) is 0 Å². The number of hydrogen-bond acceptors (Lipinski definition) is 3. The molecular formula is C12H16N2O. The molecule has 0 saturated heterocycles. The number of aromatic nitrogens is 1. The van der Waals surface area contributed by atoms with E-state index < -0.39 is 0 Å². The van der Waals surface area contributed by atoms with Crippen molar-refractivity contribution in [3.63, 3.8) is 0 Å². The maximum Gasteiger partial charge on any atom is 0.192 e. The summed E-state index contributed by atoms with van der Waals surface area (Å²) in [7, 11) is 4.08. The Morgan fingerprint density at radius 2 is 1.87 bits per heavy atom. The summed E-state index contributed by atoms with van der Waals surface area (Å²) in [4.78, 5) is 6.49. The predicted molar refractivity (Wildman–Crippen MR) is 62.5 cm³/mol. The van der Waals surface area contributed by atoms with Crippen molar-refractivity contribution in [1.29, 1.82) is 0 Å². The lowest BCUT2D eigenvalue weighted by Gasteiger charge is -2.16. The van der Waals surface area contributed by atoms with E-state index in [0.717, 1.165) is 28.1 Å². The van der Waals surface area contributed by atoms with Gasteiger partial charge in [0.2, 0.25) is 0 Å². The van der Waals surface area contributed by atoms with E-state index in [1.54, 1.807) is 0 Å². The maximum absolute atomic E-state index is 5.63. The van der Waals surface area contributed by atoms with Gasteiger partial charge in [-0.25, -0.2) is 4.98 Å². The van der Waals surface area contributed by atoms with Crippen LogP contribution in [0.4, 0.5) is 5.69 Å². The Morgan fingerprint density at radius 1 is 1.20 bits per heavy atom. The molecule has 2 aromatic rings. The Hall–Kier alpha value is -1.51. The van der Waals surface area contributed by atoms with Crippen molar-refractivity contribution in [3.05, 3.63) is 23.1 Å². The largest absolute Gasteiger partial charge is 0.441 e. The summed E-state index contributed by atoms with van der Waals surface area (Å²) < 4.78 is 5.63. The SMILES string of the molecule is Cc1nc2c(C)cc(N(C)C)c(C)c2o1. The molecule has 3 nitrogen and oxygen atoms in total. The molecular weight excluding hydrogens is 188 g/mol. The first-order valence-electron chi connectivity index (χ1n) is 5.05. The van der Waals surface area contributed by atoms with Crippen molar-refractivity contribution in [1.82, 2.24) is 4.98 Å². The average molecular weight is 204 g/mol. The molecule has 3 heteroatoms. The zero-order valence-corrected chi connectivity index (χ0v) is 9.88. The third-order valence-corrected chi connectivity index (χ3v) is 2.67. The summed E-state index contributed by atoms with van der Waals surface area (Å²) in [5.41, 5.74) is 5.40. The molecule has 0 fully saturated rings. The van der Waals surface area contributed by atoms with Crippen LogP contribution in [0.3, 0.4) is 0 Å². The molecule has 0 amide bonds. The summed E-state index contributed by atoms with van der Waals surface area (Å²) in [6, 6.07) is 2.15. The molecule has 80 valence electrons. The van der Waals surface area contributed by atoms with Gasteiger partial charge in [0.05, 0.1) is 0 Å². The molecule has 0 N–H and O–H groups in total. The van der Waals surface area contributed by atoms with Crippen LogP contribution >= 0.6 is 0 Å². The van der Waals surface area contributed by atoms with Crippen LogP contribution in [-0.2, 0) is 0 Å². The van der Waals surface area contributed by atoms with Gasteiger partial charge < -0.3 is 9.32 Å². The van der Waals surface area contributed by atoms with E-state index in [-0.39, 0.29) is 0 Å². The van der Waals surface area contributed by atoms with Crippen LogP contribution < -0.4 is 4.90 Å². The smallest absolute Gasteiger partial charge is 0.192 e. The molecule has 0 radical (unpaired) electrons. The van der Waals surface area contributed by atoms with Gasteiger partial charge in [0.25, 0.3) is 0 Å². The van der Waals surface area contributed by atoms with E-state index in [0.29, 0.717) is 0 Å². The zero-order chi connectivity index (χ0) is 11.2. The Bertz CT molecular complexity index is 512. The third-order valence-electron chi connectivity index (χ3n) is 2.67. The third kappa shape index (κ3) is 1.48. The molecule has 0 aliphatic carbocycles. The molecule has 0 aliphatic heterocycles. The molecule has 0 unspecified atom stereocenters. The maximum atomic E-state index is 5.63. The highest BCUT2D eigenvalue weighted by molar-refractivity contribution is 5.85. The van der Waals surface area contributed by atoms with Crippen LogP contribution in [0, 0.1) is 20.8 Å². The van der Waals surface area contributed by atoms with Crippen molar-refractivity contribution in [2.24, 2.45) is 0 Å². The van der Waals surface area contributed by atoms with Gasteiger partial charge in [-0.3, -0.25) is 0 Å². The first-order chi connectivity index (χ1) is 7.00. The standard InChI is InChI=1S/C12H16N2O/c1-7-6-10(14(4)5)8(2)12-11(7)13-9(3)15-12/h6H,1-5H3. The Morgan fingerprint density at radius 3 is 2.47 bits per heavy atom. The van der Waals surface area contributed by atoms with E-state index in [2.05, 4.69) is 29.8 Å². The lowest BCUT2D eigenvalue weighted by atomic mass is 10.1. The van der Waals surface area contributed by atoms with E-state index in [1.807, 2.05) is 21.0 Å². The minimum atomic E-state index is 0.729. The summed E-state index contributed by atoms with van der Waals surface area (Å²) in [6.45, 7) is 6.02. The molecule has 0 bridgehead atoms. The molecule has 0 saturated carbocycles. The lowest BCUT2D eigenvalue weighted by molar-refractivity contribution is 0.559. The molecule has 0 spiro atoms. The van der Waals surface area contributed by atoms with Crippen molar-refractivity contribution < 1.29 is 4.42 Å². The molecule has 1 aromatic heterocycles. The Labute approximate surface area is 89.7 Å². The van der Waals surface area contributed by atoms with Gasteiger partial charge in [-0.15, -0.1) is 0 Å². The number of oxazole rings is 1. The Balaban J connectivity index is 2.83. The van der Waals surface area contributed by atoms with Gasteiger partial charge in [-0.1, -0.05) is 0 Å². The van der Waals surface area contributed by atoms with Crippen LogP contribution in [-0.4, -0.2) is 19.1 Å². The van der Waals surface area contributed by atoms with Crippen LogP contribution in [0.1, 0.15) is 17.0 Å². The first kappa shape index (κ1) is 10.0. The van der Waals surface area contributed by atoms with E-state index >= 15 is 0 Å². The first-order valence-corrected chi connectivity index (χ1v) is 5.05. The normalized spacial score (nSPS) is 11.0. The van der Waals surface area contributed by atoms with Crippen molar-refractivity contribution in [2.45, 2.75) is 20.8 Å². The number of benzene rings is 1. The topological polar surface area (TPSA) is 29.3 Å². The van der Waals surface area contributed by atoms with Crippen molar-refractivity contribution in [3.8, 4) is 0 Å². The van der Waals surface area contributed by atoms with Crippen molar-refractivity contribution >= 4 is 16.8 Å². The fraction of sp³-hybridized carbons (Fsp3) is 0.417. The molecule has 2 rings (SSSR count). The Kier molecular flexibility index (Phi) is 2.18. The second kappa shape index (κ2) is 3.26. The summed E-state index contributed by atoms with van der Waals surface area (Å²) in [5, 5.41) is 0. The highest BCUT2D eigenvalue weighted by atomic mass is 16.3. The van der Waals surface area contributed by atoms with Crippen molar-refractivity contribution in [2.75, 3.05) is 19.0 Å². The zero-order valence-electron chi connectivity index (χ0n) is 9.88. The quantitative estimate of drug-likeness (QED) is 0.715. The predicted octanol–water partition coefficient (Wildman–Crippen LogP) is 2.82. The number of aryl methyl sites for hydroxylation is 3. The lowest BCUT2D eigenvalue weighted by Crippen LogP contribution is -2.10. The minimum Gasteiger partial charge on any atom is -0.441 e. The van der Waals surface area contributed by atoms with E-state index in [4.69, 9.17) is 4.42 Å². The molecule has 0 atom stereocenters. The summed E-state index contributed by atoms with van der Waals surface area (Å²) in [6.07, 6.45) is 0. The van der Waals surface area contributed by atoms with Gasteiger partial charge in [0.1, 0.15) is 5.52 Å². The molecule has 1 aromatic carbocycles. The van der Waals surface area contributed by atoms with Gasteiger partial charge in [0, 0.05) is 32.3 Å². The number of nitrogens with zero attached hydrogens (tertiary/aromatic N) is 2. The number of fused-ring (bicyclic) bond motifs is 1. The monoisotopic (exact) mass is 204 g/mol. The van der Waals surface area contributed by atoms with Gasteiger partial charge in [-0.2, -0.15) is 0 Å². The number of anilines is 1. The summed E-state index contributed by atoms with van der Waals surface area (Å²) in [5.74, 6) is 0.729. The number of rotatable bonds is 1. The second-order valence-electron chi connectivity index (χ2n) is 4.14. The van der Waals surface area contributed by atoms with Gasteiger partial charge in [-0.05, 0) is 25.5 Å². The molecule has 1 heterocycles. The highest BCUT2D eigenvalue weighted by Crippen LogP contribution is 2.30. The molecule has 0 aliphatic rings. The summed E-state index contributed by atoms with van der Waals surface area (Å²) >= 11 is 0. The second-order valence-corrected chi connectivity index (χ2v) is 4.14. The van der Waals surface area contributed by atoms with E-state index in [9.17, 15) is 0 Å². The van der Waals surface area contributed by atoms with Gasteiger partial charge in [0.15, 0.2) is 11.5 Å². The van der Waals surface area contributed by atoms with Crippen LogP contribution in [0.15, 0.2) is 10.5 Å². The molecule has 15 heavy (non-hydrogen) atoms.